The van der Waals surface area contributed by atoms with Gasteiger partial charge in [0.25, 0.3) is 0 Å². The van der Waals surface area contributed by atoms with Gasteiger partial charge in [0.15, 0.2) is 5.78 Å². The van der Waals surface area contributed by atoms with Crippen molar-refractivity contribution in [1.82, 2.24) is 0 Å². The number of rotatable bonds is 4. The van der Waals surface area contributed by atoms with E-state index in [9.17, 15) is 14.0 Å². The highest BCUT2D eigenvalue weighted by Crippen LogP contribution is 2.37. The second kappa shape index (κ2) is 7.37. The maximum absolute atomic E-state index is 13.0. The maximum atomic E-state index is 13.0. The molecule has 0 aliphatic carbocycles. The number of halogens is 1. The lowest BCUT2D eigenvalue weighted by Gasteiger charge is -2.09. The van der Waals surface area contributed by atoms with E-state index in [1.54, 1.807) is 24.3 Å². The predicted molar refractivity (Wildman–Crippen MR) is 102 cm³/mol. The molecule has 0 fully saturated rings. The van der Waals surface area contributed by atoms with Crippen molar-refractivity contribution in [3.05, 3.63) is 95.3 Å². The van der Waals surface area contributed by atoms with Crippen molar-refractivity contribution in [2.45, 2.75) is 16.6 Å². The molecule has 3 nitrogen and oxygen atoms in total. The third-order valence-corrected chi connectivity index (χ3v) is 5.65. The van der Waals surface area contributed by atoms with Crippen molar-refractivity contribution >= 4 is 23.5 Å². The number of ketones is 1. The van der Waals surface area contributed by atoms with Crippen molar-refractivity contribution in [2.24, 2.45) is 0 Å². The van der Waals surface area contributed by atoms with Gasteiger partial charge in [0.05, 0.1) is 0 Å². The number of benzene rings is 3. The molecule has 5 heteroatoms. The van der Waals surface area contributed by atoms with Gasteiger partial charge in [-0.15, -0.1) is 11.8 Å². The minimum absolute atomic E-state index is 0.213. The van der Waals surface area contributed by atoms with Gasteiger partial charge in [-0.05, 0) is 66.6 Å². The van der Waals surface area contributed by atoms with E-state index >= 15 is 0 Å². The number of esters is 1. The molecule has 3 aromatic rings. The van der Waals surface area contributed by atoms with Crippen LogP contribution in [0.25, 0.3) is 0 Å². The number of ether oxygens (including phenoxy) is 1. The number of fused-ring (bicyclic) bond motifs is 1. The van der Waals surface area contributed by atoms with Crippen molar-refractivity contribution < 1.29 is 18.7 Å². The fourth-order valence-corrected chi connectivity index (χ4v) is 4.11. The zero-order valence-corrected chi connectivity index (χ0v) is 15.0. The standard InChI is InChI=1S/C22H15FO3S/c23-17-9-5-14(6-10-17)21(24)15-7-11-18(12-8-15)26-22(25)20-13-16-3-1-2-4-19(16)27-20/h1-12,20H,13H2. The molecule has 3 aromatic carbocycles. The van der Waals surface area contributed by atoms with Crippen LogP contribution >= 0.6 is 11.8 Å². The third kappa shape index (κ3) is 3.78. The van der Waals surface area contributed by atoms with Crippen LogP contribution < -0.4 is 4.74 Å². The van der Waals surface area contributed by atoms with Gasteiger partial charge in [0.2, 0.25) is 0 Å². The van der Waals surface area contributed by atoms with Crippen LogP contribution in [-0.4, -0.2) is 17.0 Å². The Kier molecular flexibility index (Phi) is 4.77. The van der Waals surface area contributed by atoms with E-state index in [1.165, 1.54) is 36.0 Å². The van der Waals surface area contributed by atoms with Crippen LogP contribution in [0.15, 0.2) is 77.7 Å². The fourth-order valence-electron chi connectivity index (χ4n) is 2.94. The largest absolute Gasteiger partial charge is 0.426 e. The van der Waals surface area contributed by atoms with Gasteiger partial charge in [-0.2, -0.15) is 0 Å². The number of carbonyl (C=O) groups is 2. The highest BCUT2D eigenvalue weighted by atomic mass is 32.2. The summed E-state index contributed by atoms with van der Waals surface area (Å²) < 4.78 is 18.4. The average molecular weight is 378 g/mol. The summed E-state index contributed by atoms with van der Waals surface area (Å²) in [5.74, 6) is -0.503. The Hall–Kier alpha value is -2.92. The lowest BCUT2D eigenvalue weighted by Crippen LogP contribution is -2.22. The smallest absolute Gasteiger partial charge is 0.325 e. The maximum Gasteiger partial charge on any atom is 0.325 e. The summed E-state index contributed by atoms with van der Waals surface area (Å²) in [6.45, 7) is 0. The molecule has 0 amide bonds. The Balaban J connectivity index is 1.41. The van der Waals surface area contributed by atoms with Crippen molar-refractivity contribution in [2.75, 3.05) is 0 Å². The molecule has 1 aliphatic rings. The first kappa shape index (κ1) is 17.5. The van der Waals surface area contributed by atoms with E-state index in [1.807, 2.05) is 24.3 Å². The van der Waals surface area contributed by atoms with Crippen LogP contribution in [0.2, 0.25) is 0 Å². The van der Waals surface area contributed by atoms with E-state index in [4.69, 9.17) is 4.74 Å². The number of hydrogen-bond acceptors (Lipinski definition) is 4. The molecule has 134 valence electrons. The van der Waals surface area contributed by atoms with Crippen LogP contribution in [0.4, 0.5) is 4.39 Å². The third-order valence-electron chi connectivity index (χ3n) is 4.35. The molecule has 1 unspecified atom stereocenters. The van der Waals surface area contributed by atoms with E-state index in [-0.39, 0.29) is 22.8 Å². The zero-order valence-electron chi connectivity index (χ0n) is 14.2. The number of thioether (sulfide) groups is 1. The molecule has 0 spiro atoms. The molecule has 1 aliphatic heterocycles. The molecular weight excluding hydrogens is 363 g/mol. The summed E-state index contributed by atoms with van der Waals surface area (Å²) in [6.07, 6.45) is 0.654. The molecule has 1 atom stereocenters. The molecule has 0 saturated carbocycles. The summed E-state index contributed by atoms with van der Waals surface area (Å²) in [4.78, 5) is 25.9. The van der Waals surface area contributed by atoms with Gasteiger partial charge in [-0.3, -0.25) is 9.59 Å². The van der Waals surface area contributed by atoms with Crippen molar-refractivity contribution in [3.63, 3.8) is 0 Å². The lowest BCUT2D eigenvalue weighted by atomic mass is 10.0. The monoisotopic (exact) mass is 378 g/mol. The van der Waals surface area contributed by atoms with Crippen LogP contribution in [-0.2, 0) is 11.2 Å². The normalized spacial score (nSPS) is 15.2. The van der Waals surface area contributed by atoms with Crippen LogP contribution in [0.3, 0.4) is 0 Å². The second-order valence-electron chi connectivity index (χ2n) is 6.20. The molecular formula is C22H15FO3S. The summed E-state index contributed by atoms with van der Waals surface area (Å²) in [7, 11) is 0. The SMILES string of the molecule is O=C(c1ccc(F)cc1)c1ccc(OC(=O)C2Cc3ccccc3S2)cc1. The molecule has 1 heterocycles. The summed E-state index contributed by atoms with van der Waals surface area (Å²) in [6, 6.07) is 19.7. The Morgan fingerprint density at radius 3 is 2.19 bits per heavy atom. The molecule has 27 heavy (non-hydrogen) atoms. The summed E-state index contributed by atoms with van der Waals surface area (Å²) in [5, 5.41) is -0.261. The van der Waals surface area contributed by atoms with Gasteiger partial charge in [-0.25, -0.2) is 4.39 Å². The first-order chi connectivity index (χ1) is 13.1. The van der Waals surface area contributed by atoms with Gasteiger partial charge in [0.1, 0.15) is 16.8 Å². The van der Waals surface area contributed by atoms with Crippen molar-refractivity contribution in [1.29, 1.82) is 0 Å². The predicted octanol–water partition coefficient (Wildman–Crippen LogP) is 4.68. The second-order valence-corrected chi connectivity index (χ2v) is 7.44. The Bertz CT molecular complexity index is 972. The minimum Gasteiger partial charge on any atom is -0.426 e. The van der Waals surface area contributed by atoms with E-state index in [0.717, 1.165) is 10.5 Å². The molecule has 0 saturated heterocycles. The molecule has 0 bridgehead atoms. The first-order valence-electron chi connectivity index (χ1n) is 8.47. The van der Waals surface area contributed by atoms with Crippen molar-refractivity contribution in [3.8, 4) is 5.75 Å². The van der Waals surface area contributed by atoms with Gasteiger partial charge >= 0.3 is 5.97 Å². The topological polar surface area (TPSA) is 43.4 Å². The highest BCUT2D eigenvalue weighted by Gasteiger charge is 2.29. The van der Waals surface area contributed by atoms with Crippen LogP contribution in [0.5, 0.6) is 5.75 Å². The summed E-state index contributed by atoms with van der Waals surface area (Å²) >= 11 is 1.51. The van der Waals surface area contributed by atoms with E-state index < -0.39 is 0 Å². The lowest BCUT2D eigenvalue weighted by molar-refractivity contribution is -0.133. The van der Waals surface area contributed by atoms with E-state index in [2.05, 4.69) is 0 Å². The Morgan fingerprint density at radius 1 is 0.889 bits per heavy atom. The zero-order chi connectivity index (χ0) is 18.8. The molecule has 0 aromatic heterocycles. The quantitative estimate of drug-likeness (QED) is 0.376. The van der Waals surface area contributed by atoms with Gasteiger partial charge in [-0.1, -0.05) is 18.2 Å². The minimum atomic E-state index is -0.388. The summed E-state index contributed by atoms with van der Waals surface area (Å²) in [5.41, 5.74) is 2.01. The van der Waals surface area contributed by atoms with Gasteiger partial charge < -0.3 is 4.74 Å². The first-order valence-corrected chi connectivity index (χ1v) is 9.35. The molecule has 0 N–H and O–H groups in total. The Labute approximate surface area is 160 Å². The van der Waals surface area contributed by atoms with Gasteiger partial charge in [0, 0.05) is 16.0 Å². The Morgan fingerprint density at radius 2 is 1.52 bits per heavy atom. The average Bonchev–Trinajstić information content (AvgIpc) is 3.13. The van der Waals surface area contributed by atoms with Crippen LogP contribution in [0.1, 0.15) is 21.5 Å². The fraction of sp³-hybridized carbons (Fsp3) is 0.0909. The molecule has 4 rings (SSSR count). The number of hydrogen-bond donors (Lipinski definition) is 0. The van der Waals surface area contributed by atoms with Crippen LogP contribution in [0, 0.1) is 5.82 Å². The molecule has 0 radical (unpaired) electrons. The van der Waals surface area contributed by atoms with E-state index in [0.29, 0.717) is 23.3 Å². The number of carbonyl (C=O) groups excluding carboxylic acids is 2. The highest BCUT2D eigenvalue weighted by molar-refractivity contribution is 8.01.